The number of nitrogens with one attached hydrogen (secondary N) is 1. The van der Waals surface area contributed by atoms with E-state index in [1.165, 1.54) is 0 Å². The highest BCUT2D eigenvalue weighted by molar-refractivity contribution is 5.68. The van der Waals surface area contributed by atoms with Gasteiger partial charge in [-0.2, -0.15) is 0 Å². The molecule has 0 spiro atoms. The second kappa shape index (κ2) is 6.95. The Bertz CT molecular complexity index is 312. The number of hydroxylamine groups is 1. The topological polar surface area (TPSA) is 51.2 Å². The molecule has 1 heterocycles. The summed E-state index contributed by atoms with van der Waals surface area (Å²) in [6.07, 6.45) is 4.75. The summed E-state index contributed by atoms with van der Waals surface area (Å²) in [4.78, 5) is 20.1. The highest BCUT2D eigenvalue weighted by Gasteiger charge is 2.04. The molecule has 16 heavy (non-hydrogen) atoms. The molecule has 0 saturated carbocycles. The van der Waals surface area contributed by atoms with Gasteiger partial charge >= 0.3 is 5.97 Å². The molecule has 0 aromatic carbocycles. The Morgan fingerprint density at radius 1 is 1.56 bits per heavy atom. The van der Waals surface area contributed by atoms with E-state index in [4.69, 9.17) is 4.84 Å². The van der Waals surface area contributed by atoms with Crippen LogP contribution in [0.3, 0.4) is 0 Å². The highest BCUT2D eigenvalue weighted by Crippen LogP contribution is 2.03. The Kier molecular flexibility index (Phi) is 5.50. The summed E-state index contributed by atoms with van der Waals surface area (Å²) in [5.41, 5.74) is 3.62. The van der Waals surface area contributed by atoms with Crippen LogP contribution in [-0.4, -0.2) is 11.0 Å². The van der Waals surface area contributed by atoms with E-state index < -0.39 is 0 Å². The molecule has 88 valence electrons. The van der Waals surface area contributed by atoms with Crippen LogP contribution in [0.5, 0.6) is 0 Å². The first-order valence-electron chi connectivity index (χ1n) is 5.50. The normalized spacial score (nSPS) is 10.4. The van der Waals surface area contributed by atoms with Crippen molar-refractivity contribution in [2.75, 3.05) is 0 Å². The van der Waals surface area contributed by atoms with Crippen molar-refractivity contribution >= 4 is 5.97 Å². The average Bonchev–Trinajstić information content (AvgIpc) is 2.28. The summed E-state index contributed by atoms with van der Waals surface area (Å²) < 4.78 is 0. The van der Waals surface area contributed by atoms with Crippen LogP contribution >= 0.6 is 0 Å². The van der Waals surface area contributed by atoms with Crippen LogP contribution < -0.4 is 5.48 Å². The third kappa shape index (κ3) is 5.46. The van der Waals surface area contributed by atoms with Crippen molar-refractivity contribution in [1.82, 2.24) is 10.5 Å². The lowest BCUT2D eigenvalue weighted by Gasteiger charge is -2.06. The Labute approximate surface area is 96.0 Å². The Morgan fingerprint density at radius 3 is 3.00 bits per heavy atom. The molecule has 4 nitrogen and oxygen atoms in total. The second-order valence-corrected chi connectivity index (χ2v) is 4.09. The molecule has 0 aliphatic rings. The van der Waals surface area contributed by atoms with E-state index >= 15 is 0 Å². The number of nitrogens with zero attached hydrogens (tertiary/aromatic N) is 1. The van der Waals surface area contributed by atoms with Gasteiger partial charge in [-0.05, 0) is 24.0 Å². The third-order valence-electron chi connectivity index (χ3n) is 2.11. The minimum atomic E-state index is -0.211. The van der Waals surface area contributed by atoms with Gasteiger partial charge < -0.3 is 4.84 Å². The van der Waals surface area contributed by atoms with Gasteiger partial charge in [-0.15, -0.1) is 5.48 Å². The van der Waals surface area contributed by atoms with Crippen molar-refractivity contribution < 1.29 is 9.63 Å². The molecule has 0 amide bonds. The molecule has 4 heteroatoms. The molecule has 0 radical (unpaired) electrons. The molecule has 1 rings (SSSR count). The summed E-state index contributed by atoms with van der Waals surface area (Å²) in [5, 5.41) is 0. The number of hydrogen-bond donors (Lipinski definition) is 1. The first-order valence-corrected chi connectivity index (χ1v) is 5.50. The Morgan fingerprint density at radius 2 is 2.38 bits per heavy atom. The summed E-state index contributed by atoms with van der Waals surface area (Å²) in [6, 6.07) is 3.76. The van der Waals surface area contributed by atoms with Crippen LogP contribution in [0.1, 0.15) is 32.3 Å². The number of carbonyl (C=O) groups is 1. The Balaban J connectivity index is 2.13. The van der Waals surface area contributed by atoms with E-state index in [1.807, 2.05) is 12.1 Å². The predicted molar refractivity (Wildman–Crippen MR) is 61.2 cm³/mol. The van der Waals surface area contributed by atoms with Gasteiger partial charge in [-0.1, -0.05) is 19.9 Å². The van der Waals surface area contributed by atoms with Crippen LogP contribution in [0.25, 0.3) is 0 Å². The number of rotatable bonds is 6. The maximum atomic E-state index is 11.2. The zero-order valence-corrected chi connectivity index (χ0v) is 9.77. The maximum Gasteiger partial charge on any atom is 0.324 e. The molecule has 0 bridgehead atoms. The van der Waals surface area contributed by atoms with Crippen molar-refractivity contribution in [1.29, 1.82) is 0 Å². The molecule has 0 aliphatic carbocycles. The molecule has 0 saturated heterocycles. The fourth-order valence-electron chi connectivity index (χ4n) is 1.16. The van der Waals surface area contributed by atoms with Gasteiger partial charge in [0.1, 0.15) is 0 Å². The predicted octanol–water partition coefficient (Wildman–Crippen LogP) is 2.07. The molecule has 1 aromatic rings. The monoisotopic (exact) mass is 222 g/mol. The van der Waals surface area contributed by atoms with Gasteiger partial charge in [0, 0.05) is 18.8 Å². The van der Waals surface area contributed by atoms with Crippen LogP contribution in [-0.2, 0) is 16.2 Å². The fraction of sp³-hybridized carbons (Fsp3) is 0.500. The molecule has 0 aliphatic heterocycles. The average molecular weight is 222 g/mol. The summed E-state index contributed by atoms with van der Waals surface area (Å²) in [5.74, 6) is 0.309. The first-order chi connectivity index (χ1) is 7.68. The second-order valence-electron chi connectivity index (χ2n) is 4.09. The smallest absolute Gasteiger partial charge is 0.324 e. The van der Waals surface area contributed by atoms with Crippen molar-refractivity contribution in [2.24, 2.45) is 5.92 Å². The van der Waals surface area contributed by atoms with Gasteiger partial charge in [0.2, 0.25) is 0 Å². The molecular weight excluding hydrogens is 204 g/mol. The van der Waals surface area contributed by atoms with Crippen molar-refractivity contribution in [2.45, 2.75) is 33.2 Å². The lowest BCUT2D eigenvalue weighted by molar-refractivity contribution is -0.151. The van der Waals surface area contributed by atoms with E-state index in [1.54, 1.807) is 12.4 Å². The fourth-order valence-corrected chi connectivity index (χ4v) is 1.16. The van der Waals surface area contributed by atoms with Crippen LogP contribution in [0.4, 0.5) is 0 Å². The van der Waals surface area contributed by atoms with Crippen LogP contribution in [0.15, 0.2) is 24.5 Å². The number of pyridine rings is 1. The zero-order chi connectivity index (χ0) is 11.8. The number of carbonyl (C=O) groups excluding carboxylic acids is 1. The van der Waals surface area contributed by atoms with Crippen molar-refractivity contribution in [3.05, 3.63) is 30.1 Å². The Hall–Kier alpha value is -1.42. The molecule has 0 atom stereocenters. The van der Waals surface area contributed by atoms with Gasteiger partial charge in [0.05, 0.1) is 6.54 Å². The third-order valence-corrected chi connectivity index (χ3v) is 2.11. The zero-order valence-electron chi connectivity index (χ0n) is 9.77. The summed E-state index contributed by atoms with van der Waals surface area (Å²) in [6.45, 7) is 4.65. The van der Waals surface area contributed by atoms with E-state index in [0.717, 1.165) is 12.0 Å². The van der Waals surface area contributed by atoms with Crippen molar-refractivity contribution in [3.63, 3.8) is 0 Å². The van der Waals surface area contributed by atoms with Gasteiger partial charge in [0.15, 0.2) is 0 Å². The van der Waals surface area contributed by atoms with Gasteiger partial charge in [0.25, 0.3) is 0 Å². The molecular formula is C12H18N2O2. The first kappa shape index (κ1) is 12.6. The van der Waals surface area contributed by atoms with Gasteiger partial charge in [-0.3, -0.25) is 9.78 Å². The van der Waals surface area contributed by atoms with E-state index in [-0.39, 0.29) is 5.97 Å². The standard InChI is InChI=1S/C12H18N2O2/c1-10(2)5-6-12(15)16-14-9-11-4-3-7-13-8-11/h3-4,7-8,10,14H,5-6,9H2,1-2H3. The number of aromatic nitrogens is 1. The minimum absolute atomic E-state index is 0.211. The lowest BCUT2D eigenvalue weighted by atomic mass is 10.1. The van der Waals surface area contributed by atoms with Crippen molar-refractivity contribution in [3.8, 4) is 0 Å². The quantitative estimate of drug-likeness (QED) is 0.748. The molecule has 1 aromatic heterocycles. The molecule has 0 unspecified atom stereocenters. The summed E-state index contributed by atoms with van der Waals surface area (Å²) >= 11 is 0. The van der Waals surface area contributed by atoms with Crippen LogP contribution in [0.2, 0.25) is 0 Å². The lowest BCUT2D eigenvalue weighted by Crippen LogP contribution is -2.19. The van der Waals surface area contributed by atoms with Gasteiger partial charge in [-0.25, -0.2) is 0 Å². The van der Waals surface area contributed by atoms with E-state index in [0.29, 0.717) is 18.9 Å². The summed E-state index contributed by atoms with van der Waals surface area (Å²) in [7, 11) is 0. The highest BCUT2D eigenvalue weighted by atomic mass is 16.7. The number of hydrogen-bond acceptors (Lipinski definition) is 4. The van der Waals surface area contributed by atoms with Crippen LogP contribution in [0, 0.1) is 5.92 Å². The molecule has 0 fully saturated rings. The largest absolute Gasteiger partial charge is 0.370 e. The SMILES string of the molecule is CC(C)CCC(=O)ONCc1cccnc1. The van der Waals surface area contributed by atoms with E-state index in [2.05, 4.69) is 24.3 Å². The van der Waals surface area contributed by atoms with E-state index in [9.17, 15) is 4.79 Å². The molecule has 1 N–H and O–H groups in total. The maximum absolute atomic E-state index is 11.2. The minimum Gasteiger partial charge on any atom is -0.370 e.